The average molecular weight is 416 g/mol. The minimum atomic E-state index is -0.211. The van der Waals surface area contributed by atoms with Gasteiger partial charge in [0.1, 0.15) is 5.56 Å². The van der Waals surface area contributed by atoms with E-state index in [2.05, 4.69) is 10.4 Å². The summed E-state index contributed by atoms with van der Waals surface area (Å²) < 4.78 is 14.3. The van der Waals surface area contributed by atoms with E-state index in [0.29, 0.717) is 29.4 Å². The molecule has 0 saturated carbocycles. The molecule has 1 amide bonds. The van der Waals surface area contributed by atoms with Crippen molar-refractivity contribution in [2.24, 2.45) is 0 Å². The van der Waals surface area contributed by atoms with Crippen LogP contribution in [0, 0.1) is 6.92 Å². The molecule has 7 heteroatoms. The van der Waals surface area contributed by atoms with E-state index in [-0.39, 0.29) is 5.91 Å². The first kappa shape index (κ1) is 20.3. The maximum Gasteiger partial charge on any atom is 0.256 e. The number of methoxy groups -OCH3 is 2. The molecule has 2 aromatic carbocycles. The van der Waals surface area contributed by atoms with Crippen LogP contribution < -0.4 is 14.8 Å². The molecule has 0 fully saturated rings. The second-order valence-electron chi connectivity index (χ2n) is 7.09. The molecule has 0 spiro atoms. The Morgan fingerprint density at radius 2 is 1.71 bits per heavy atom. The van der Waals surface area contributed by atoms with Gasteiger partial charge in [0.2, 0.25) is 0 Å². The SMILES string of the molecule is COc1ccc(CNC(=O)c2cnn(-c3ccc(C)cc3)c2-n2cccc2)cc1OC. The van der Waals surface area contributed by atoms with Crippen LogP contribution in [0.15, 0.2) is 73.2 Å². The third-order valence-electron chi connectivity index (χ3n) is 5.02. The van der Waals surface area contributed by atoms with Gasteiger partial charge in [-0.1, -0.05) is 23.8 Å². The van der Waals surface area contributed by atoms with Crippen molar-refractivity contribution in [1.82, 2.24) is 19.7 Å². The molecule has 0 saturated heterocycles. The molecule has 0 aliphatic heterocycles. The highest BCUT2D eigenvalue weighted by molar-refractivity contribution is 5.97. The topological polar surface area (TPSA) is 70.3 Å². The zero-order valence-corrected chi connectivity index (χ0v) is 17.7. The van der Waals surface area contributed by atoms with E-state index in [9.17, 15) is 4.79 Å². The van der Waals surface area contributed by atoms with Crippen molar-refractivity contribution in [3.05, 3.63) is 89.9 Å². The zero-order chi connectivity index (χ0) is 21.8. The summed E-state index contributed by atoms with van der Waals surface area (Å²) in [6.07, 6.45) is 5.39. The highest BCUT2D eigenvalue weighted by Gasteiger charge is 2.20. The van der Waals surface area contributed by atoms with Crippen LogP contribution in [0.2, 0.25) is 0 Å². The van der Waals surface area contributed by atoms with Crippen molar-refractivity contribution in [3.63, 3.8) is 0 Å². The Balaban J connectivity index is 1.62. The van der Waals surface area contributed by atoms with E-state index in [4.69, 9.17) is 9.47 Å². The quantitative estimate of drug-likeness (QED) is 0.496. The summed E-state index contributed by atoms with van der Waals surface area (Å²) in [5.41, 5.74) is 3.43. The minimum absolute atomic E-state index is 0.211. The number of hydrogen-bond donors (Lipinski definition) is 1. The van der Waals surface area contributed by atoms with Crippen molar-refractivity contribution in [3.8, 4) is 23.0 Å². The molecule has 7 nitrogen and oxygen atoms in total. The summed E-state index contributed by atoms with van der Waals surface area (Å²) in [4.78, 5) is 13.1. The lowest BCUT2D eigenvalue weighted by molar-refractivity contribution is 0.0951. The molecule has 0 atom stereocenters. The normalized spacial score (nSPS) is 10.7. The maximum absolute atomic E-state index is 13.1. The number of benzene rings is 2. The largest absolute Gasteiger partial charge is 0.493 e. The Morgan fingerprint density at radius 1 is 1.00 bits per heavy atom. The van der Waals surface area contributed by atoms with E-state index in [1.807, 2.05) is 78.5 Å². The summed E-state index contributed by atoms with van der Waals surface area (Å²) in [7, 11) is 3.18. The molecule has 0 unspecified atom stereocenters. The number of carbonyl (C=O) groups is 1. The summed E-state index contributed by atoms with van der Waals surface area (Å²) >= 11 is 0. The molecule has 0 radical (unpaired) electrons. The number of hydrogen-bond acceptors (Lipinski definition) is 4. The van der Waals surface area contributed by atoms with Crippen LogP contribution in [0.1, 0.15) is 21.5 Å². The number of aromatic nitrogens is 3. The molecule has 0 bridgehead atoms. The first-order valence-electron chi connectivity index (χ1n) is 9.88. The Kier molecular flexibility index (Phi) is 5.75. The van der Waals surface area contributed by atoms with Gasteiger partial charge in [-0.2, -0.15) is 5.10 Å². The summed E-state index contributed by atoms with van der Waals surface area (Å²) in [5.74, 6) is 1.73. The van der Waals surface area contributed by atoms with E-state index in [0.717, 1.165) is 16.8 Å². The number of aryl methyl sites for hydroxylation is 1. The van der Waals surface area contributed by atoms with Crippen molar-refractivity contribution < 1.29 is 14.3 Å². The van der Waals surface area contributed by atoms with Gasteiger partial charge in [0.15, 0.2) is 17.3 Å². The first-order chi connectivity index (χ1) is 15.1. The van der Waals surface area contributed by atoms with Gasteiger partial charge in [-0.15, -0.1) is 0 Å². The van der Waals surface area contributed by atoms with Gasteiger partial charge in [0.05, 0.1) is 26.1 Å². The number of amides is 1. The molecule has 4 aromatic rings. The van der Waals surface area contributed by atoms with Crippen LogP contribution in [-0.2, 0) is 6.54 Å². The Labute approximate surface area is 180 Å². The predicted octanol–water partition coefficient (Wildman–Crippen LogP) is 3.92. The van der Waals surface area contributed by atoms with Crippen molar-refractivity contribution in [2.75, 3.05) is 14.2 Å². The molecule has 1 N–H and O–H groups in total. The number of carbonyl (C=O) groups excluding carboxylic acids is 1. The van der Waals surface area contributed by atoms with Crippen molar-refractivity contribution in [2.45, 2.75) is 13.5 Å². The van der Waals surface area contributed by atoms with E-state index >= 15 is 0 Å². The van der Waals surface area contributed by atoms with E-state index in [1.165, 1.54) is 0 Å². The molecular weight excluding hydrogens is 392 g/mol. The monoisotopic (exact) mass is 416 g/mol. The average Bonchev–Trinajstić information content (AvgIpc) is 3.47. The Bertz CT molecular complexity index is 1180. The molecule has 4 rings (SSSR count). The summed E-state index contributed by atoms with van der Waals surface area (Å²) in [6.45, 7) is 2.38. The number of ether oxygens (including phenoxy) is 2. The zero-order valence-electron chi connectivity index (χ0n) is 17.7. The predicted molar refractivity (Wildman–Crippen MR) is 118 cm³/mol. The Morgan fingerprint density at radius 3 is 2.39 bits per heavy atom. The van der Waals surface area contributed by atoms with Crippen LogP contribution in [-0.4, -0.2) is 34.5 Å². The van der Waals surface area contributed by atoms with Crippen molar-refractivity contribution >= 4 is 5.91 Å². The lowest BCUT2D eigenvalue weighted by atomic mass is 10.2. The van der Waals surface area contributed by atoms with Crippen LogP contribution in [0.25, 0.3) is 11.5 Å². The molecule has 0 aliphatic carbocycles. The number of nitrogens with zero attached hydrogens (tertiary/aromatic N) is 3. The third-order valence-corrected chi connectivity index (χ3v) is 5.02. The fourth-order valence-corrected chi connectivity index (χ4v) is 3.37. The minimum Gasteiger partial charge on any atom is -0.493 e. The smallest absolute Gasteiger partial charge is 0.256 e. The van der Waals surface area contributed by atoms with Gasteiger partial charge in [-0.05, 0) is 48.9 Å². The lowest BCUT2D eigenvalue weighted by Gasteiger charge is -2.12. The van der Waals surface area contributed by atoms with Crippen LogP contribution in [0.4, 0.5) is 0 Å². The molecule has 2 aromatic heterocycles. The van der Waals surface area contributed by atoms with Crippen LogP contribution in [0.5, 0.6) is 11.5 Å². The van der Waals surface area contributed by atoms with E-state index in [1.54, 1.807) is 25.1 Å². The lowest BCUT2D eigenvalue weighted by Crippen LogP contribution is -2.24. The fourth-order valence-electron chi connectivity index (χ4n) is 3.37. The Hall–Kier alpha value is -4.00. The number of rotatable bonds is 7. The van der Waals surface area contributed by atoms with Crippen LogP contribution in [0.3, 0.4) is 0 Å². The fraction of sp³-hybridized carbons (Fsp3) is 0.167. The summed E-state index contributed by atoms with van der Waals surface area (Å²) in [5, 5.41) is 7.47. The molecule has 158 valence electrons. The van der Waals surface area contributed by atoms with Gasteiger partial charge in [0.25, 0.3) is 5.91 Å². The van der Waals surface area contributed by atoms with Gasteiger partial charge in [0, 0.05) is 18.9 Å². The van der Waals surface area contributed by atoms with Gasteiger partial charge in [-0.25, -0.2) is 4.68 Å². The highest BCUT2D eigenvalue weighted by Crippen LogP contribution is 2.27. The molecule has 0 aliphatic rings. The number of nitrogens with one attached hydrogen (secondary N) is 1. The maximum atomic E-state index is 13.1. The van der Waals surface area contributed by atoms with Gasteiger partial charge in [-0.3, -0.25) is 4.79 Å². The van der Waals surface area contributed by atoms with E-state index < -0.39 is 0 Å². The summed E-state index contributed by atoms with van der Waals surface area (Å²) in [6, 6.07) is 17.4. The first-order valence-corrected chi connectivity index (χ1v) is 9.88. The second-order valence-corrected chi connectivity index (χ2v) is 7.09. The molecule has 2 heterocycles. The standard InChI is InChI=1S/C24H24N4O3/c1-17-6-9-19(10-7-17)28-24(27-12-4-5-13-27)20(16-26-28)23(29)25-15-18-8-11-21(30-2)22(14-18)31-3/h4-14,16H,15H2,1-3H3,(H,25,29). The van der Waals surface area contributed by atoms with Crippen LogP contribution >= 0.6 is 0 Å². The van der Waals surface area contributed by atoms with Gasteiger partial charge >= 0.3 is 0 Å². The second kappa shape index (κ2) is 8.79. The molecular formula is C24H24N4O3. The molecule has 31 heavy (non-hydrogen) atoms. The third kappa shape index (κ3) is 4.16. The van der Waals surface area contributed by atoms with Crippen molar-refractivity contribution in [1.29, 1.82) is 0 Å². The highest BCUT2D eigenvalue weighted by atomic mass is 16.5. The van der Waals surface area contributed by atoms with Gasteiger partial charge < -0.3 is 19.4 Å².